The van der Waals surface area contributed by atoms with E-state index in [1.54, 1.807) is 0 Å². The van der Waals surface area contributed by atoms with Crippen molar-refractivity contribution in [2.75, 3.05) is 0 Å². The Balaban J connectivity index is 1.52. The molecule has 28 heavy (non-hydrogen) atoms. The number of aromatic nitrogens is 1. The predicted octanol–water partition coefficient (Wildman–Crippen LogP) is 7.54. The van der Waals surface area contributed by atoms with Gasteiger partial charge in [0.1, 0.15) is 0 Å². The molecule has 0 amide bonds. The number of halogens is 1. The van der Waals surface area contributed by atoms with E-state index in [9.17, 15) is 0 Å². The van der Waals surface area contributed by atoms with Crippen molar-refractivity contribution < 1.29 is 9.47 Å². The number of benzene rings is 4. The lowest BCUT2D eigenvalue weighted by molar-refractivity contribution is 0.363. The van der Waals surface area contributed by atoms with Crippen LogP contribution in [0.15, 0.2) is 78.9 Å². The Kier molecular flexibility index (Phi) is 3.22. The average Bonchev–Trinajstić information content (AvgIpc) is 3.11. The van der Waals surface area contributed by atoms with Gasteiger partial charge in [0.15, 0.2) is 23.0 Å². The second kappa shape index (κ2) is 5.78. The number of rotatable bonds is 1. The zero-order valence-electron chi connectivity index (χ0n) is 14.7. The fourth-order valence-electron chi connectivity index (χ4n) is 3.79. The van der Waals surface area contributed by atoms with Crippen molar-refractivity contribution in [1.29, 1.82) is 0 Å². The highest BCUT2D eigenvalue weighted by atomic mass is 35.5. The van der Waals surface area contributed by atoms with Crippen LogP contribution in [0, 0.1) is 0 Å². The highest BCUT2D eigenvalue weighted by Gasteiger charge is 2.23. The average molecular weight is 384 g/mol. The molecule has 1 aliphatic rings. The Morgan fingerprint density at radius 3 is 2.39 bits per heavy atom. The molecule has 0 unspecified atom stereocenters. The van der Waals surface area contributed by atoms with Crippen molar-refractivity contribution in [2.24, 2.45) is 0 Å². The predicted molar refractivity (Wildman–Crippen MR) is 113 cm³/mol. The molecule has 1 N–H and O–H groups in total. The maximum absolute atomic E-state index is 6.32. The normalized spacial score (nSPS) is 12.3. The topological polar surface area (TPSA) is 34.2 Å². The van der Waals surface area contributed by atoms with Crippen LogP contribution in [0.4, 0.5) is 0 Å². The first-order chi connectivity index (χ1) is 13.8. The Morgan fingerprint density at radius 2 is 1.50 bits per heavy atom. The number of aromatic amines is 1. The lowest BCUT2D eigenvalue weighted by Gasteiger charge is -2.21. The highest BCUT2D eigenvalue weighted by molar-refractivity contribution is 6.31. The Hall–Kier alpha value is -3.43. The third-order valence-corrected chi connectivity index (χ3v) is 5.37. The van der Waals surface area contributed by atoms with E-state index in [1.165, 1.54) is 0 Å². The van der Waals surface area contributed by atoms with Crippen molar-refractivity contribution in [3.63, 3.8) is 0 Å². The molecule has 0 bridgehead atoms. The fraction of sp³-hybridized carbons (Fsp3) is 0. The Morgan fingerprint density at radius 1 is 0.643 bits per heavy atom. The lowest BCUT2D eigenvalue weighted by atomic mass is 10.0. The van der Waals surface area contributed by atoms with E-state index in [1.807, 2.05) is 66.7 Å². The highest BCUT2D eigenvalue weighted by Crippen LogP contribution is 2.50. The number of fused-ring (bicyclic) bond motifs is 6. The van der Waals surface area contributed by atoms with Gasteiger partial charge in [-0.05, 0) is 53.6 Å². The number of hydrogen-bond donors (Lipinski definition) is 1. The minimum absolute atomic E-state index is 0.697. The standard InChI is InChI=1S/C24H14ClNO2/c25-16-7-9-19-18(13-16)17-8-11-21-24(23(17)26-19)28-22-12-15(6-10-20(22)27-21)14-4-2-1-3-5-14/h1-13,26H. The summed E-state index contributed by atoms with van der Waals surface area (Å²) < 4.78 is 12.4. The van der Waals surface area contributed by atoms with Gasteiger partial charge in [0.25, 0.3) is 0 Å². The summed E-state index contributed by atoms with van der Waals surface area (Å²) in [6, 6.07) is 26.1. The molecule has 1 aromatic heterocycles. The molecule has 2 heterocycles. The second-order valence-electron chi connectivity index (χ2n) is 6.86. The summed E-state index contributed by atoms with van der Waals surface area (Å²) >= 11 is 6.19. The molecule has 6 rings (SSSR count). The third-order valence-electron chi connectivity index (χ3n) is 5.14. The molecule has 0 saturated carbocycles. The van der Waals surface area contributed by atoms with Crippen molar-refractivity contribution in [3.05, 3.63) is 83.9 Å². The minimum atomic E-state index is 0.697. The van der Waals surface area contributed by atoms with Gasteiger partial charge in [0, 0.05) is 21.3 Å². The summed E-state index contributed by atoms with van der Waals surface area (Å²) in [6.07, 6.45) is 0. The van der Waals surface area contributed by atoms with Crippen LogP contribution in [0.3, 0.4) is 0 Å². The van der Waals surface area contributed by atoms with E-state index >= 15 is 0 Å². The van der Waals surface area contributed by atoms with E-state index < -0.39 is 0 Å². The molecule has 1 aliphatic heterocycles. The summed E-state index contributed by atoms with van der Waals surface area (Å²) in [5.41, 5.74) is 4.14. The zero-order chi connectivity index (χ0) is 18.7. The molecule has 0 fully saturated rings. The maximum atomic E-state index is 6.32. The van der Waals surface area contributed by atoms with E-state index in [0.717, 1.165) is 32.9 Å². The molecule has 0 radical (unpaired) electrons. The minimum Gasteiger partial charge on any atom is -0.449 e. The van der Waals surface area contributed by atoms with Crippen molar-refractivity contribution in [2.45, 2.75) is 0 Å². The molecular weight excluding hydrogens is 370 g/mol. The summed E-state index contributed by atoms with van der Waals surface area (Å²) in [4.78, 5) is 3.45. The molecule has 5 aromatic rings. The van der Waals surface area contributed by atoms with Gasteiger partial charge < -0.3 is 14.5 Å². The second-order valence-corrected chi connectivity index (χ2v) is 7.30. The first kappa shape index (κ1) is 15.6. The van der Waals surface area contributed by atoms with Gasteiger partial charge in [-0.3, -0.25) is 0 Å². The molecule has 4 aromatic carbocycles. The van der Waals surface area contributed by atoms with Gasteiger partial charge in [-0.1, -0.05) is 48.0 Å². The van der Waals surface area contributed by atoms with Crippen molar-refractivity contribution in [1.82, 2.24) is 4.98 Å². The van der Waals surface area contributed by atoms with E-state index in [-0.39, 0.29) is 0 Å². The molecule has 0 saturated heterocycles. The largest absolute Gasteiger partial charge is 0.449 e. The van der Waals surface area contributed by atoms with Crippen LogP contribution in [0.2, 0.25) is 5.02 Å². The monoisotopic (exact) mass is 383 g/mol. The zero-order valence-corrected chi connectivity index (χ0v) is 15.5. The first-order valence-corrected chi connectivity index (χ1v) is 9.43. The van der Waals surface area contributed by atoms with E-state index in [0.29, 0.717) is 28.0 Å². The maximum Gasteiger partial charge on any atom is 0.194 e. The molecular formula is C24H14ClNO2. The summed E-state index contributed by atoms with van der Waals surface area (Å²) in [6.45, 7) is 0. The van der Waals surface area contributed by atoms with Crippen LogP contribution < -0.4 is 9.47 Å². The van der Waals surface area contributed by atoms with Crippen LogP contribution >= 0.6 is 11.6 Å². The number of hydrogen-bond acceptors (Lipinski definition) is 2. The number of H-pyrrole nitrogens is 1. The Bertz CT molecular complexity index is 1370. The molecule has 0 atom stereocenters. The van der Waals surface area contributed by atoms with Crippen molar-refractivity contribution >= 4 is 33.4 Å². The quantitative estimate of drug-likeness (QED) is 0.318. The van der Waals surface area contributed by atoms with Gasteiger partial charge in [0.2, 0.25) is 0 Å². The number of ether oxygens (including phenoxy) is 2. The number of nitrogens with one attached hydrogen (secondary N) is 1. The SMILES string of the molecule is Clc1ccc2[nH]c3c4c(ccc3c2c1)Oc1ccc(-c2ccccc2)cc1O4. The van der Waals surface area contributed by atoms with Crippen molar-refractivity contribution in [3.8, 4) is 34.1 Å². The Labute approximate surface area is 166 Å². The van der Waals surface area contributed by atoms with Gasteiger partial charge in [-0.2, -0.15) is 0 Å². The van der Waals surface area contributed by atoms with Crippen LogP contribution in [0.1, 0.15) is 0 Å². The van der Waals surface area contributed by atoms with E-state index in [2.05, 4.69) is 17.1 Å². The third kappa shape index (κ3) is 2.30. The smallest absolute Gasteiger partial charge is 0.194 e. The van der Waals surface area contributed by atoms with Crippen LogP contribution in [-0.2, 0) is 0 Å². The molecule has 0 aliphatic carbocycles. The van der Waals surface area contributed by atoms with Gasteiger partial charge in [-0.15, -0.1) is 0 Å². The summed E-state index contributed by atoms with van der Waals surface area (Å²) in [7, 11) is 0. The van der Waals surface area contributed by atoms with Gasteiger partial charge >= 0.3 is 0 Å². The molecule has 3 nitrogen and oxygen atoms in total. The molecule has 4 heteroatoms. The van der Waals surface area contributed by atoms with E-state index in [4.69, 9.17) is 21.1 Å². The van der Waals surface area contributed by atoms with Crippen LogP contribution in [0.5, 0.6) is 23.0 Å². The summed E-state index contributed by atoms with van der Waals surface area (Å²) in [5.74, 6) is 2.82. The first-order valence-electron chi connectivity index (χ1n) is 9.05. The molecule has 134 valence electrons. The summed E-state index contributed by atoms with van der Waals surface area (Å²) in [5, 5.41) is 2.83. The molecule has 0 spiro atoms. The van der Waals surface area contributed by atoms with Crippen LogP contribution in [0.25, 0.3) is 32.9 Å². The van der Waals surface area contributed by atoms with Crippen LogP contribution in [-0.4, -0.2) is 4.98 Å². The van der Waals surface area contributed by atoms with Gasteiger partial charge in [0.05, 0.1) is 5.52 Å². The fourth-order valence-corrected chi connectivity index (χ4v) is 3.96. The lowest BCUT2D eigenvalue weighted by Crippen LogP contribution is -1.99. The van der Waals surface area contributed by atoms with Gasteiger partial charge in [-0.25, -0.2) is 0 Å².